The van der Waals surface area contributed by atoms with E-state index in [1.54, 1.807) is 0 Å². The van der Waals surface area contributed by atoms with E-state index in [-0.39, 0.29) is 0 Å². The average Bonchev–Trinajstić information content (AvgIpc) is 2.51. The minimum absolute atomic E-state index is 0.359. The van der Waals surface area contributed by atoms with Gasteiger partial charge in [-0.2, -0.15) is 0 Å². The quantitative estimate of drug-likeness (QED) is 0.736. The second-order valence-corrected chi connectivity index (χ2v) is 5.49. The lowest BCUT2D eigenvalue weighted by molar-refractivity contribution is 0.426. The average molecular weight is 288 g/mol. The second kappa shape index (κ2) is 7.47. The highest BCUT2D eigenvalue weighted by Crippen LogP contribution is 2.25. The summed E-state index contributed by atoms with van der Waals surface area (Å²) in [6.07, 6.45) is 2.14. The van der Waals surface area contributed by atoms with Crippen molar-refractivity contribution in [3.05, 3.63) is 70.7 Å². The van der Waals surface area contributed by atoms with Crippen LogP contribution in [0.2, 0.25) is 5.02 Å². The van der Waals surface area contributed by atoms with Gasteiger partial charge in [-0.1, -0.05) is 67.9 Å². The number of nitrogens with one attached hydrogen (secondary N) is 1. The van der Waals surface area contributed by atoms with Crippen molar-refractivity contribution in [2.24, 2.45) is 0 Å². The van der Waals surface area contributed by atoms with Crippen LogP contribution in [0.1, 0.15) is 49.9 Å². The molecule has 0 spiro atoms. The molecule has 0 saturated carbocycles. The first-order valence-electron chi connectivity index (χ1n) is 7.31. The molecular formula is C18H22ClN. The van der Waals surface area contributed by atoms with Gasteiger partial charge in [0.25, 0.3) is 0 Å². The Morgan fingerprint density at radius 1 is 0.800 bits per heavy atom. The zero-order valence-electron chi connectivity index (χ0n) is 12.1. The lowest BCUT2D eigenvalue weighted by Gasteiger charge is -2.25. The monoisotopic (exact) mass is 287 g/mol. The summed E-state index contributed by atoms with van der Waals surface area (Å²) < 4.78 is 0. The summed E-state index contributed by atoms with van der Waals surface area (Å²) in [5, 5.41) is 4.55. The van der Waals surface area contributed by atoms with E-state index in [4.69, 9.17) is 11.6 Å². The van der Waals surface area contributed by atoms with Crippen LogP contribution in [-0.2, 0) is 0 Å². The van der Waals surface area contributed by atoms with E-state index in [1.165, 1.54) is 11.1 Å². The van der Waals surface area contributed by atoms with E-state index in [2.05, 4.69) is 61.6 Å². The minimum atomic E-state index is 0.359. The van der Waals surface area contributed by atoms with E-state index in [0.29, 0.717) is 12.1 Å². The van der Waals surface area contributed by atoms with Crippen LogP contribution in [0.25, 0.3) is 0 Å². The molecule has 0 aliphatic carbocycles. The third-order valence-electron chi connectivity index (χ3n) is 3.69. The summed E-state index contributed by atoms with van der Waals surface area (Å²) in [6, 6.07) is 19.5. The van der Waals surface area contributed by atoms with Gasteiger partial charge in [-0.05, 0) is 36.1 Å². The van der Waals surface area contributed by atoms with Crippen molar-refractivity contribution in [3.8, 4) is 0 Å². The fourth-order valence-corrected chi connectivity index (χ4v) is 2.65. The molecule has 20 heavy (non-hydrogen) atoms. The molecule has 0 aromatic heterocycles. The van der Waals surface area contributed by atoms with Crippen LogP contribution in [0.3, 0.4) is 0 Å². The Bertz CT molecular complexity index is 507. The first-order chi connectivity index (χ1) is 9.74. The molecule has 0 fully saturated rings. The zero-order chi connectivity index (χ0) is 14.4. The highest BCUT2D eigenvalue weighted by atomic mass is 35.5. The standard InChI is InChI=1S/C18H22ClN/c1-3-17(14-8-6-5-7-9-14)20-18(4-2)15-10-12-16(19)13-11-15/h5-13,17-18,20H,3-4H2,1-2H3. The van der Waals surface area contributed by atoms with Crippen molar-refractivity contribution in [3.63, 3.8) is 0 Å². The smallest absolute Gasteiger partial charge is 0.0406 e. The maximum Gasteiger partial charge on any atom is 0.0406 e. The molecular weight excluding hydrogens is 266 g/mol. The van der Waals surface area contributed by atoms with Crippen LogP contribution in [0.15, 0.2) is 54.6 Å². The van der Waals surface area contributed by atoms with Gasteiger partial charge in [-0.25, -0.2) is 0 Å². The molecule has 0 bridgehead atoms. The van der Waals surface area contributed by atoms with Gasteiger partial charge in [0.1, 0.15) is 0 Å². The molecule has 1 nitrogen and oxygen atoms in total. The van der Waals surface area contributed by atoms with Gasteiger partial charge in [0.15, 0.2) is 0 Å². The van der Waals surface area contributed by atoms with Crippen molar-refractivity contribution in [1.82, 2.24) is 5.32 Å². The van der Waals surface area contributed by atoms with Crippen LogP contribution in [0.4, 0.5) is 0 Å². The van der Waals surface area contributed by atoms with E-state index >= 15 is 0 Å². The van der Waals surface area contributed by atoms with Gasteiger partial charge in [-0.3, -0.25) is 0 Å². The summed E-state index contributed by atoms with van der Waals surface area (Å²) in [7, 11) is 0. The molecule has 0 heterocycles. The van der Waals surface area contributed by atoms with E-state index in [9.17, 15) is 0 Å². The topological polar surface area (TPSA) is 12.0 Å². The summed E-state index contributed by atoms with van der Waals surface area (Å²) in [5.41, 5.74) is 2.65. The van der Waals surface area contributed by atoms with Gasteiger partial charge >= 0.3 is 0 Å². The van der Waals surface area contributed by atoms with Crippen LogP contribution in [0, 0.1) is 0 Å². The van der Waals surface area contributed by atoms with Crippen molar-refractivity contribution >= 4 is 11.6 Å². The summed E-state index contributed by atoms with van der Waals surface area (Å²) >= 11 is 5.97. The highest BCUT2D eigenvalue weighted by molar-refractivity contribution is 6.30. The maximum absolute atomic E-state index is 5.97. The molecule has 0 saturated heterocycles. The Kier molecular flexibility index (Phi) is 5.63. The fraction of sp³-hybridized carbons (Fsp3) is 0.333. The molecule has 0 radical (unpaired) electrons. The Morgan fingerprint density at radius 2 is 1.30 bits per heavy atom. The third kappa shape index (κ3) is 3.84. The van der Waals surface area contributed by atoms with E-state index < -0.39 is 0 Å². The molecule has 2 atom stereocenters. The van der Waals surface area contributed by atoms with E-state index in [1.807, 2.05) is 12.1 Å². The lowest BCUT2D eigenvalue weighted by Crippen LogP contribution is -2.25. The molecule has 106 valence electrons. The summed E-state index contributed by atoms with van der Waals surface area (Å²) in [5.74, 6) is 0. The molecule has 2 unspecified atom stereocenters. The highest BCUT2D eigenvalue weighted by Gasteiger charge is 2.15. The van der Waals surface area contributed by atoms with Gasteiger partial charge in [0.05, 0.1) is 0 Å². The molecule has 0 aliphatic heterocycles. The fourth-order valence-electron chi connectivity index (χ4n) is 2.52. The Hall–Kier alpha value is -1.31. The predicted molar refractivity (Wildman–Crippen MR) is 87.1 cm³/mol. The number of hydrogen-bond acceptors (Lipinski definition) is 1. The van der Waals surface area contributed by atoms with Crippen LogP contribution < -0.4 is 5.32 Å². The SMILES string of the molecule is CCC(NC(CC)c1ccc(Cl)cc1)c1ccccc1. The van der Waals surface area contributed by atoms with Gasteiger partial charge in [0, 0.05) is 17.1 Å². The first kappa shape index (κ1) is 15.1. The molecule has 0 aliphatic rings. The van der Waals surface area contributed by atoms with Crippen LogP contribution in [-0.4, -0.2) is 0 Å². The number of benzene rings is 2. The predicted octanol–water partition coefficient (Wildman–Crippen LogP) is 5.53. The molecule has 2 aromatic carbocycles. The lowest BCUT2D eigenvalue weighted by atomic mass is 9.99. The number of rotatable bonds is 6. The molecule has 2 heteroatoms. The van der Waals surface area contributed by atoms with Gasteiger partial charge in [0.2, 0.25) is 0 Å². The molecule has 0 amide bonds. The van der Waals surface area contributed by atoms with Crippen molar-refractivity contribution in [2.45, 2.75) is 38.8 Å². The normalized spacial score (nSPS) is 13.9. The van der Waals surface area contributed by atoms with Gasteiger partial charge < -0.3 is 5.32 Å². The van der Waals surface area contributed by atoms with Crippen molar-refractivity contribution in [2.75, 3.05) is 0 Å². The van der Waals surface area contributed by atoms with E-state index in [0.717, 1.165) is 17.9 Å². The molecule has 2 aromatic rings. The van der Waals surface area contributed by atoms with Crippen molar-refractivity contribution < 1.29 is 0 Å². The summed E-state index contributed by atoms with van der Waals surface area (Å²) in [4.78, 5) is 0. The third-order valence-corrected chi connectivity index (χ3v) is 3.95. The Morgan fingerprint density at radius 3 is 1.80 bits per heavy atom. The second-order valence-electron chi connectivity index (χ2n) is 5.05. The Balaban J connectivity index is 2.14. The largest absolute Gasteiger partial charge is 0.303 e. The minimum Gasteiger partial charge on any atom is -0.303 e. The Labute approximate surface area is 127 Å². The molecule has 1 N–H and O–H groups in total. The molecule has 2 rings (SSSR count). The number of hydrogen-bond donors (Lipinski definition) is 1. The zero-order valence-corrected chi connectivity index (χ0v) is 12.9. The summed E-state index contributed by atoms with van der Waals surface area (Å²) in [6.45, 7) is 4.43. The first-order valence-corrected chi connectivity index (χ1v) is 7.68. The van der Waals surface area contributed by atoms with Crippen molar-refractivity contribution in [1.29, 1.82) is 0 Å². The maximum atomic E-state index is 5.97. The van der Waals surface area contributed by atoms with Gasteiger partial charge in [-0.15, -0.1) is 0 Å². The number of halogens is 1. The van der Waals surface area contributed by atoms with Crippen LogP contribution >= 0.6 is 11.6 Å². The van der Waals surface area contributed by atoms with Crippen LogP contribution in [0.5, 0.6) is 0 Å².